The molecule has 40 heavy (non-hydrogen) atoms. The number of ether oxygens (including phenoxy) is 2. The number of rotatable bonds is 5. The number of benzene rings is 3. The van der Waals surface area contributed by atoms with E-state index in [2.05, 4.69) is 0 Å². The largest absolute Gasteiger partial charge is 0.459 e. The molecule has 3 aliphatic carbocycles. The Morgan fingerprint density at radius 3 is 2.10 bits per heavy atom. The van der Waals surface area contributed by atoms with E-state index >= 15 is 0 Å². The molecule has 0 aliphatic heterocycles. The molecule has 4 unspecified atom stereocenters. The lowest BCUT2D eigenvalue weighted by atomic mass is 9.69. The van der Waals surface area contributed by atoms with Crippen LogP contribution < -0.4 is 5.73 Å². The summed E-state index contributed by atoms with van der Waals surface area (Å²) in [6.07, 6.45) is 5.92. The van der Waals surface area contributed by atoms with Gasteiger partial charge in [-0.15, -0.1) is 0 Å². The Labute approximate surface area is 238 Å². The van der Waals surface area contributed by atoms with E-state index in [0.717, 1.165) is 49.0 Å². The van der Waals surface area contributed by atoms with Crippen LogP contribution in [0.5, 0.6) is 0 Å². The molecule has 6 rings (SSSR count). The van der Waals surface area contributed by atoms with Crippen LogP contribution in [0.15, 0.2) is 64.4 Å². The number of anilines is 1. The summed E-state index contributed by atoms with van der Waals surface area (Å²) in [4.78, 5) is 42.4. The van der Waals surface area contributed by atoms with Gasteiger partial charge in [0.1, 0.15) is 6.10 Å². The van der Waals surface area contributed by atoms with Crippen LogP contribution in [0.2, 0.25) is 0 Å². The van der Waals surface area contributed by atoms with Gasteiger partial charge in [0.05, 0.1) is 22.9 Å². The maximum Gasteiger partial charge on any atom is 0.340 e. The van der Waals surface area contributed by atoms with E-state index in [-0.39, 0.29) is 40.0 Å². The van der Waals surface area contributed by atoms with Gasteiger partial charge in [0.15, 0.2) is 11.6 Å². The average molecular weight is 556 g/mol. The van der Waals surface area contributed by atoms with Crippen molar-refractivity contribution in [3.05, 3.63) is 88.0 Å². The highest BCUT2D eigenvalue weighted by Gasteiger charge is 2.39. The minimum absolute atomic E-state index is 0.00963. The third-order valence-corrected chi connectivity index (χ3v) is 9.84. The Hall–Kier alpha value is -3.42. The number of carbonyl (C=O) groups excluding carboxylic acids is 3. The summed E-state index contributed by atoms with van der Waals surface area (Å²) in [6, 6.07) is 16.3. The fourth-order valence-electron chi connectivity index (χ4n) is 6.60. The van der Waals surface area contributed by atoms with E-state index in [1.165, 1.54) is 11.8 Å². The fourth-order valence-corrected chi connectivity index (χ4v) is 7.60. The maximum absolute atomic E-state index is 13.7. The molecule has 0 heterocycles. The van der Waals surface area contributed by atoms with Crippen LogP contribution in [0, 0.1) is 18.8 Å². The van der Waals surface area contributed by atoms with E-state index in [1.807, 2.05) is 31.2 Å². The third-order valence-electron chi connectivity index (χ3n) is 8.79. The zero-order valence-corrected chi connectivity index (χ0v) is 23.6. The molecule has 2 fully saturated rings. The molecule has 3 aromatic rings. The molecule has 0 radical (unpaired) electrons. The zero-order valence-electron chi connectivity index (χ0n) is 22.8. The molecule has 0 aromatic heterocycles. The molecular weight excluding hydrogens is 522 g/mol. The number of hydrogen-bond donors (Lipinski definition) is 1. The highest BCUT2D eigenvalue weighted by molar-refractivity contribution is 7.99. The first-order chi connectivity index (χ1) is 19.3. The normalized spacial score (nSPS) is 23.6. The van der Waals surface area contributed by atoms with E-state index < -0.39 is 5.97 Å². The highest BCUT2D eigenvalue weighted by Crippen LogP contribution is 2.44. The van der Waals surface area contributed by atoms with Crippen molar-refractivity contribution in [1.82, 2.24) is 0 Å². The quantitative estimate of drug-likeness (QED) is 0.218. The summed E-state index contributed by atoms with van der Waals surface area (Å²) in [5, 5.41) is 0. The number of nitrogens with two attached hydrogens (primary N) is 1. The molecule has 0 amide bonds. The summed E-state index contributed by atoms with van der Waals surface area (Å²) in [7, 11) is 1.78. The molecule has 0 saturated heterocycles. The number of ketones is 2. The van der Waals surface area contributed by atoms with Crippen molar-refractivity contribution < 1.29 is 23.9 Å². The Bertz CT molecular complexity index is 1500. The zero-order chi connectivity index (χ0) is 28.0. The van der Waals surface area contributed by atoms with Gasteiger partial charge in [-0.25, -0.2) is 4.79 Å². The highest BCUT2D eigenvalue weighted by atomic mass is 32.2. The predicted octanol–water partition coefficient (Wildman–Crippen LogP) is 6.64. The van der Waals surface area contributed by atoms with Gasteiger partial charge in [-0.3, -0.25) is 9.59 Å². The first-order valence-corrected chi connectivity index (χ1v) is 14.8. The predicted molar refractivity (Wildman–Crippen MR) is 154 cm³/mol. The van der Waals surface area contributed by atoms with Gasteiger partial charge in [-0.05, 0) is 75.5 Å². The van der Waals surface area contributed by atoms with Crippen molar-refractivity contribution in [2.45, 2.75) is 67.4 Å². The van der Waals surface area contributed by atoms with Crippen LogP contribution in [0.4, 0.5) is 5.69 Å². The molecule has 0 spiro atoms. The van der Waals surface area contributed by atoms with Crippen LogP contribution in [-0.4, -0.2) is 36.9 Å². The van der Waals surface area contributed by atoms with Gasteiger partial charge >= 0.3 is 5.97 Å². The van der Waals surface area contributed by atoms with Crippen LogP contribution in [0.25, 0.3) is 0 Å². The van der Waals surface area contributed by atoms with E-state index in [1.54, 1.807) is 37.4 Å². The summed E-state index contributed by atoms with van der Waals surface area (Å²) >= 11 is 1.35. The molecular formula is C33H33NO5S. The molecule has 7 heteroatoms. The Morgan fingerprint density at radius 1 is 0.850 bits per heavy atom. The van der Waals surface area contributed by atoms with Crippen molar-refractivity contribution in [1.29, 1.82) is 0 Å². The monoisotopic (exact) mass is 555 g/mol. The van der Waals surface area contributed by atoms with Gasteiger partial charge < -0.3 is 15.2 Å². The van der Waals surface area contributed by atoms with Gasteiger partial charge in [0, 0.05) is 33.6 Å². The Balaban J connectivity index is 1.34. The number of esters is 1. The number of nitrogen functional groups attached to an aromatic ring is 1. The van der Waals surface area contributed by atoms with Crippen LogP contribution >= 0.6 is 11.8 Å². The van der Waals surface area contributed by atoms with Crippen molar-refractivity contribution in [3.8, 4) is 0 Å². The second-order valence-electron chi connectivity index (χ2n) is 11.2. The number of aryl methyl sites for hydroxylation is 1. The lowest BCUT2D eigenvalue weighted by Gasteiger charge is -2.41. The number of fused-ring (bicyclic) bond motifs is 3. The van der Waals surface area contributed by atoms with Crippen LogP contribution in [0.1, 0.15) is 86.3 Å². The molecule has 0 bridgehead atoms. The lowest BCUT2D eigenvalue weighted by molar-refractivity contribution is -0.0274. The first kappa shape index (κ1) is 26.8. The second kappa shape index (κ2) is 10.9. The van der Waals surface area contributed by atoms with Gasteiger partial charge in [0.25, 0.3) is 0 Å². The maximum atomic E-state index is 13.7. The molecule has 2 N–H and O–H groups in total. The van der Waals surface area contributed by atoms with E-state index in [4.69, 9.17) is 15.2 Å². The fraction of sp³-hybridized carbons (Fsp3) is 0.364. The molecule has 6 nitrogen and oxygen atoms in total. The number of methoxy groups -OCH3 is 1. The lowest BCUT2D eigenvalue weighted by Crippen LogP contribution is -2.37. The summed E-state index contributed by atoms with van der Waals surface area (Å²) in [5.41, 5.74) is 8.79. The van der Waals surface area contributed by atoms with Gasteiger partial charge in [0.2, 0.25) is 0 Å². The number of carbonyl (C=O) groups is 3. The minimum Gasteiger partial charge on any atom is -0.459 e. The Morgan fingerprint density at radius 2 is 1.45 bits per heavy atom. The van der Waals surface area contributed by atoms with E-state index in [0.29, 0.717) is 34.0 Å². The molecule has 4 atom stereocenters. The summed E-state index contributed by atoms with van der Waals surface area (Å²) in [6.45, 7) is 2.00. The average Bonchev–Trinajstić information content (AvgIpc) is 2.97. The summed E-state index contributed by atoms with van der Waals surface area (Å²) in [5.74, 6) is -0.0417. The molecule has 3 aromatic carbocycles. The van der Waals surface area contributed by atoms with Gasteiger partial charge in [-0.2, -0.15) is 0 Å². The van der Waals surface area contributed by atoms with E-state index in [9.17, 15) is 14.4 Å². The SMILES string of the molecule is COC1CCC2CC(OC(=O)c3cc(Sc4ccc(C)cc4)c4c(c3N)C(=O)c3ccccc3C4=O)CCC2C1. The Kier molecular flexibility index (Phi) is 7.27. The third kappa shape index (κ3) is 4.86. The van der Waals surface area contributed by atoms with Crippen molar-refractivity contribution in [2.75, 3.05) is 12.8 Å². The smallest absolute Gasteiger partial charge is 0.340 e. The number of hydrogen-bond acceptors (Lipinski definition) is 7. The van der Waals surface area contributed by atoms with Gasteiger partial charge in [-0.1, -0.05) is 53.7 Å². The van der Waals surface area contributed by atoms with Crippen molar-refractivity contribution in [3.63, 3.8) is 0 Å². The molecule has 206 valence electrons. The first-order valence-electron chi connectivity index (χ1n) is 14.0. The second-order valence-corrected chi connectivity index (χ2v) is 12.4. The van der Waals surface area contributed by atoms with Crippen molar-refractivity contribution >= 4 is 35.0 Å². The topological polar surface area (TPSA) is 95.7 Å². The van der Waals surface area contributed by atoms with Crippen LogP contribution in [-0.2, 0) is 9.47 Å². The molecule has 3 aliphatic rings. The van der Waals surface area contributed by atoms with Crippen molar-refractivity contribution in [2.24, 2.45) is 11.8 Å². The minimum atomic E-state index is -0.542. The summed E-state index contributed by atoms with van der Waals surface area (Å²) < 4.78 is 11.6. The molecule has 2 saturated carbocycles. The van der Waals surface area contributed by atoms with Crippen LogP contribution in [0.3, 0.4) is 0 Å². The standard InChI is InChI=1S/C33H33NO5S/c1-18-7-13-23(14-8-18)40-27-17-26(30(34)29-28(27)31(35)24-5-3-4-6-25(24)32(29)36)33(37)39-22-12-10-19-15-21(38-2)11-9-20(19)16-22/h3-8,13-14,17,19-22H,9-12,15-16,34H2,1-2H3.